The number of benzene rings is 1. The second-order valence-electron chi connectivity index (χ2n) is 3.36. The summed E-state index contributed by atoms with van der Waals surface area (Å²) in [6, 6.07) is 3.49. The molecule has 2 nitrogen and oxygen atoms in total. The van der Waals surface area contributed by atoms with Crippen molar-refractivity contribution in [3.8, 4) is 0 Å². The summed E-state index contributed by atoms with van der Waals surface area (Å²) >= 11 is 11.5. The first-order chi connectivity index (χ1) is 7.71. The molecule has 0 aliphatic rings. The molecule has 0 aliphatic heterocycles. The van der Waals surface area contributed by atoms with E-state index in [1.807, 2.05) is 0 Å². The second kappa shape index (κ2) is 5.14. The number of hydrogen-bond donors (Lipinski definition) is 1. The smallest absolute Gasteiger partial charge is 0.342 e. The van der Waals surface area contributed by atoms with Crippen LogP contribution >= 0.6 is 23.2 Å². The third kappa shape index (κ3) is 3.78. The Bertz CT molecular complexity index is 434. The number of carbonyl (C=O) groups is 1. The zero-order chi connectivity index (χ0) is 13.2. The molecule has 17 heavy (non-hydrogen) atoms. The molecule has 1 N–H and O–H groups in total. The quantitative estimate of drug-likeness (QED) is 0.881. The number of alkyl halides is 3. The van der Waals surface area contributed by atoms with Gasteiger partial charge in [0.1, 0.15) is 0 Å². The Labute approximate surface area is 106 Å². The average Bonchev–Trinajstić information content (AvgIpc) is 2.15. The molecule has 0 heterocycles. The first-order valence-electron chi connectivity index (χ1n) is 4.54. The lowest BCUT2D eigenvalue weighted by molar-refractivity contribution is -0.174. The van der Waals surface area contributed by atoms with E-state index in [2.05, 4.69) is 0 Å². The Kier molecular flexibility index (Phi) is 4.27. The van der Waals surface area contributed by atoms with Crippen molar-refractivity contribution in [2.24, 2.45) is 0 Å². The molecule has 0 saturated carbocycles. The molecular formula is C10H8Cl2F3NO. The van der Waals surface area contributed by atoms with Crippen LogP contribution in [0, 0.1) is 0 Å². The lowest BCUT2D eigenvalue weighted by Crippen LogP contribution is -2.38. The third-order valence-corrected chi connectivity index (χ3v) is 2.60. The Morgan fingerprint density at radius 2 is 1.94 bits per heavy atom. The van der Waals surface area contributed by atoms with Gasteiger partial charge in [-0.2, -0.15) is 13.2 Å². The molecular weight excluding hydrogens is 278 g/mol. The SMILES string of the molecule is CC(NC(=O)C(F)(F)F)c1ccc(Cl)cc1Cl. The number of rotatable bonds is 2. The lowest BCUT2D eigenvalue weighted by Gasteiger charge is -2.16. The van der Waals surface area contributed by atoms with Gasteiger partial charge in [0, 0.05) is 10.0 Å². The fourth-order valence-electron chi connectivity index (χ4n) is 1.21. The van der Waals surface area contributed by atoms with Crippen molar-refractivity contribution in [1.29, 1.82) is 0 Å². The summed E-state index contributed by atoms with van der Waals surface area (Å²) in [7, 11) is 0. The van der Waals surface area contributed by atoms with E-state index in [1.54, 1.807) is 5.32 Å². The summed E-state index contributed by atoms with van der Waals surface area (Å²) in [6.45, 7) is 1.40. The molecule has 1 amide bonds. The standard InChI is InChI=1S/C10H8Cl2F3NO/c1-5(16-9(17)10(13,14)15)7-3-2-6(11)4-8(7)12/h2-5H,1H3,(H,16,17). The molecule has 1 aromatic rings. The molecule has 0 bridgehead atoms. The largest absolute Gasteiger partial charge is 0.471 e. The maximum atomic E-state index is 12.0. The van der Waals surface area contributed by atoms with Crippen LogP contribution in [0.3, 0.4) is 0 Å². The molecule has 0 aliphatic carbocycles. The normalized spacial score (nSPS) is 13.3. The Hall–Kier alpha value is -0.940. The van der Waals surface area contributed by atoms with Gasteiger partial charge >= 0.3 is 12.1 Å². The Balaban J connectivity index is 2.84. The van der Waals surface area contributed by atoms with Crippen molar-refractivity contribution in [2.75, 3.05) is 0 Å². The highest BCUT2D eigenvalue weighted by Crippen LogP contribution is 2.27. The van der Waals surface area contributed by atoms with E-state index in [1.165, 1.54) is 25.1 Å². The van der Waals surface area contributed by atoms with Crippen LogP contribution in [-0.2, 0) is 4.79 Å². The molecule has 0 spiro atoms. The summed E-state index contributed by atoms with van der Waals surface area (Å²) in [5.74, 6) is -2.00. The van der Waals surface area contributed by atoms with Crippen LogP contribution in [-0.4, -0.2) is 12.1 Å². The number of amides is 1. The second-order valence-corrected chi connectivity index (χ2v) is 4.20. The zero-order valence-electron chi connectivity index (χ0n) is 8.61. The Morgan fingerprint density at radius 3 is 2.41 bits per heavy atom. The maximum Gasteiger partial charge on any atom is 0.471 e. The van der Waals surface area contributed by atoms with Gasteiger partial charge in [-0.1, -0.05) is 29.3 Å². The van der Waals surface area contributed by atoms with E-state index >= 15 is 0 Å². The van der Waals surface area contributed by atoms with Crippen LogP contribution < -0.4 is 5.32 Å². The van der Waals surface area contributed by atoms with Crippen LogP contribution in [0.15, 0.2) is 18.2 Å². The molecule has 0 saturated heterocycles. The molecule has 1 aromatic carbocycles. The highest BCUT2D eigenvalue weighted by Gasteiger charge is 2.39. The minimum absolute atomic E-state index is 0.201. The molecule has 1 atom stereocenters. The highest BCUT2D eigenvalue weighted by atomic mass is 35.5. The molecule has 0 radical (unpaired) electrons. The topological polar surface area (TPSA) is 29.1 Å². The average molecular weight is 286 g/mol. The van der Waals surface area contributed by atoms with E-state index in [0.29, 0.717) is 10.6 Å². The first kappa shape index (κ1) is 14.1. The van der Waals surface area contributed by atoms with Crippen molar-refractivity contribution >= 4 is 29.1 Å². The number of hydrogen-bond acceptors (Lipinski definition) is 1. The number of carbonyl (C=O) groups excluding carboxylic acids is 1. The van der Waals surface area contributed by atoms with Crippen molar-refractivity contribution in [1.82, 2.24) is 5.32 Å². The maximum absolute atomic E-state index is 12.0. The van der Waals surface area contributed by atoms with E-state index < -0.39 is 18.1 Å². The van der Waals surface area contributed by atoms with Gasteiger partial charge in [-0.3, -0.25) is 4.79 Å². The minimum Gasteiger partial charge on any atom is -0.342 e. The summed E-state index contributed by atoms with van der Waals surface area (Å²) in [5, 5.41) is 2.37. The molecule has 0 fully saturated rings. The van der Waals surface area contributed by atoms with Gasteiger partial charge in [0.15, 0.2) is 0 Å². The van der Waals surface area contributed by atoms with Crippen molar-refractivity contribution < 1.29 is 18.0 Å². The van der Waals surface area contributed by atoms with Gasteiger partial charge in [-0.25, -0.2) is 0 Å². The molecule has 7 heteroatoms. The molecule has 1 unspecified atom stereocenters. The van der Waals surface area contributed by atoms with Gasteiger partial charge in [0.05, 0.1) is 6.04 Å². The van der Waals surface area contributed by atoms with Crippen LogP contribution in [0.2, 0.25) is 10.0 Å². The third-order valence-electron chi connectivity index (χ3n) is 2.03. The fourth-order valence-corrected chi connectivity index (χ4v) is 1.78. The van der Waals surface area contributed by atoms with Gasteiger partial charge in [-0.05, 0) is 24.6 Å². The zero-order valence-corrected chi connectivity index (χ0v) is 10.1. The lowest BCUT2D eigenvalue weighted by atomic mass is 10.1. The van der Waals surface area contributed by atoms with Crippen molar-refractivity contribution in [3.63, 3.8) is 0 Å². The van der Waals surface area contributed by atoms with E-state index in [9.17, 15) is 18.0 Å². The minimum atomic E-state index is -4.91. The first-order valence-corrected chi connectivity index (χ1v) is 5.30. The summed E-state index contributed by atoms with van der Waals surface area (Å²) in [6.07, 6.45) is -4.91. The number of halogens is 5. The van der Waals surface area contributed by atoms with Crippen LogP contribution in [0.25, 0.3) is 0 Å². The number of nitrogens with one attached hydrogen (secondary N) is 1. The highest BCUT2D eigenvalue weighted by molar-refractivity contribution is 6.35. The van der Waals surface area contributed by atoms with E-state index in [0.717, 1.165) is 0 Å². The van der Waals surface area contributed by atoms with Gasteiger partial charge in [-0.15, -0.1) is 0 Å². The van der Waals surface area contributed by atoms with Crippen LogP contribution in [0.1, 0.15) is 18.5 Å². The Morgan fingerprint density at radius 1 is 1.35 bits per heavy atom. The van der Waals surface area contributed by atoms with Gasteiger partial charge in [0.2, 0.25) is 0 Å². The monoisotopic (exact) mass is 285 g/mol. The van der Waals surface area contributed by atoms with Crippen LogP contribution in [0.5, 0.6) is 0 Å². The van der Waals surface area contributed by atoms with Crippen molar-refractivity contribution in [2.45, 2.75) is 19.1 Å². The van der Waals surface area contributed by atoms with Crippen molar-refractivity contribution in [3.05, 3.63) is 33.8 Å². The molecule has 94 valence electrons. The van der Waals surface area contributed by atoms with E-state index in [4.69, 9.17) is 23.2 Å². The van der Waals surface area contributed by atoms with Gasteiger partial charge < -0.3 is 5.32 Å². The summed E-state index contributed by atoms with van der Waals surface area (Å²) in [5.41, 5.74) is 0.369. The predicted molar refractivity (Wildman–Crippen MR) is 59.1 cm³/mol. The molecule has 1 rings (SSSR count). The predicted octanol–water partition coefficient (Wildman–Crippen LogP) is 3.73. The summed E-state index contributed by atoms with van der Waals surface area (Å²) in [4.78, 5) is 10.7. The fraction of sp³-hybridized carbons (Fsp3) is 0.300. The summed E-state index contributed by atoms with van der Waals surface area (Å²) < 4.78 is 36.1. The molecule has 0 aromatic heterocycles. The van der Waals surface area contributed by atoms with Gasteiger partial charge in [0.25, 0.3) is 0 Å². The van der Waals surface area contributed by atoms with E-state index in [-0.39, 0.29) is 5.02 Å². The van der Waals surface area contributed by atoms with Crippen LogP contribution in [0.4, 0.5) is 13.2 Å².